The molecule has 0 aromatic heterocycles. The summed E-state index contributed by atoms with van der Waals surface area (Å²) in [6.45, 7) is 14.7. The molecule has 1 aliphatic heterocycles. The molecule has 0 amide bonds. The molecule has 0 spiro atoms. The van der Waals surface area contributed by atoms with Crippen LogP contribution in [0.15, 0.2) is 0 Å². The summed E-state index contributed by atoms with van der Waals surface area (Å²) < 4.78 is 12.1. The predicted octanol–water partition coefficient (Wildman–Crippen LogP) is 6.29. The van der Waals surface area contributed by atoms with Gasteiger partial charge in [0.2, 0.25) is 0 Å². The molecule has 0 radical (unpaired) electrons. The molecule has 4 nitrogen and oxygen atoms in total. The molecule has 5 aliphatic rings. The highest BCUT2D eigenvalue weighted by atomic mass is 16.6. The summed E-state index contributed by atoms with van der Waals surface area (Å²) in [5, 5.41) is 10.9. The largest absolute Gasteiger partial charge is 0.469 e. The Morgan fingerprint density at radius 3 is 2.39 bits per heavy atom. The summed E-state index contributed by atoms with van der Waals surface area (Å²) in [5.74, 6) is 1.78. The van der Waals surface area contributed by atoms with Crippen LogP contribution in [0.4, 0.5) is 0 Å². The minimum absolute atomic E-state index is 0.0115. The first-order valence-corrected chi connectivity index (χ1v) is 13.8. The van der Waals surface area contributed by atoms with E-state index in [0.29, 0.717) is 29.6 Å². The van der Waals surface area contributed by atoms with Crippen LogP contribution in [-0.2, 0) is 14.3 Å². The van der Waals surface area contributed by atoms with Crippen LogP contribution in [0.25, 0.3) is 0 Å². The fraction of sp³-hybridized carbons (Fsp3) is 0.966. The number of methoxy groups -OCH3 is 1. The topological polar surface area (TPSA) is 59.1 Å². The summed E-state index contributed by atoms with van der Waals surface area (Å²) in [6.07, 6.45) is 11.7. The molecular weight excluding hydrogens is 412 g/mol. The first kappa shape index (κ1) is 24.1. The minimum atomic E-state index is -0.190. The molecule has 0 aromatic carbocycles. The van der Waals surface area contributed by atoms with Crippen molar-refractivity contribution < 1.29 is 19.4 Å². The van der Waals surface area contributed by atoms with Gasteiger partial charge in [0.25, 0.3) is 0 Å². The molecule has 9 atom stereocenters. The van der Waals surface area contributed by atoms with Gasteiger partial charge in [0, 0.05) is 17.3 Å². The monoisotopic (exact) mass is 460 g/mol. The van der Waals surface area contributed by atoms with E-state index in [1.165, 1.54) is 45.6 Å². The third kappa shape index (κ3) is 2.69. The normalized spacial score (nSPS) is 52.7. The summed E-state index contributed by atoms with van der Waals surface area (Å²) >= 11 is 0. The number of carbonyl (C=O) groups is 1. The van der Waals surface area contributed by atoms with Crippen LogP contribution < -0.4 is 0 Å². The van der Waals surface area contributed by atoms with E-state index in [9.17, 15) is 9.90 Å². The third-order valence-electron chi connectivity index (χ3n) is 13.0. The lowest BCUT2D eigenvalue weighted by Gasteiger charge is -2.64. The molecule has 33 heavy (non-hydrogen) atoms. The molecule has 4 aliphatic carbocycles. The molecule has 0 bridgehead atoms. The first-order valence-electron chi connectivity index (χ1n) is 13.8. The van der Waals surface area contributed by atoms with Crippen molar-refractivity contribution in [2.45, 2.75) is 129 Å². The van der Waals surface area contributed by atoms with Crippen molar-refractivity contribution in [1.29, 1.82) is 0 Å². The minimum Gasteiger partial charge on any atom is -0.469 e. The lowest BCUT2D eigenvalue weighted by Crippen LogP contribution is -2.66. The summed E-state index contributed by atoms with van der Waals surface area (Å²) in [7, 11) is 1.49. The van der Waals surface area contributed by atoms with Crippen molar-refractivity contribution in [3.63, 3.8) is 0 Å². The number of carbonyl (C=O) groups excluding carboxylic acids is 1. The number of aliphatic hydroxyl groups excluding tert-OH is 1. The van der Waals surface area contributed by atoms with Gasteiger partial charge in [-0.15, -0.1) is 0 Å². The number of epoxide rings is 1. The van der Waals surface area contributed by atoms with E-state index in [0.717, 1.165) is 25.7 Å². The van der Waals surface area contributed by atoms with E-state index in [-0.39, 0.29) is 39.5 Å². The highest BCUT2D eigenvalue weighted by molar-refractivity contribution is 5.68. The van der Waals surface area contributed by atoms with Crippen molar-refractivity contribution >= 4 is 5.97 Å². The van der Waals surface area contributed by atoms with Crippen LogP contribution in [0.1, 0.15) is 112 Å². The predicted molar refractivity (Wildman–Crippen MR) is 130 cm³/mol. The van der Waals surface area contributed by atoms with E-state index in [2.05, 4.69) is 41.5 Å². The number of ether oxygens (including phenoxy) is 2. The van der Waals surface area contributed by atoms with Crippen LogP contribution in [0.2, 0.25) is 0 Å². The molecular formula is C29H48O4. The second kappa shape index (κ2) is 7.21. The van der Waals surface area contributed by atoms with Crippen LogP contribution in [0, 0.1) is 39.4 Å². The average molecular weight is 461 g/mol. The van der Waals surface area contributed by atoms with Crippen molar-refractivity contribution in [2.24, 2.45) is 39.4 Å². The van der Waals surface area contributed by atoms with Gasteiger partial charge < -0.3 is 14.6 Å². The fourth-order valence-electron chi connectivity index (χ4n) is 10.8. The Labute approximate surface area is 201 Å². The Bertz CT molecular complexity index is 822. The number of hydrogen-bond donors (Lipinski definition) is 1. The molecule has 1 heterocycles. The van der Waals surface area contributed by atoms with Crippen molar-refractivity contribution in [3.05, 3.63) is 0 Å². The second-order valence-corrected chi connectivity index (χ2v) is 14.0. The summed E-state index contributed by atoms with van der Waals surface area (Å²) in [5.41, 5.74) is 0.684. The standard InChI is InChI=1S/C29H48O4/c1-19(9-8-10-23(31)32-7)20-11-15-27(6)25(20,4)17-18-28-26(5)14-13-22(30)24(2,3)21(26)12-16-29(27,28)33-28/h19-22,30H,8-18H2,1-7H3/t19?,20-,21+,22+,25-,26+,27-,28?,29?/m1/s1. The molecule has 5 fully saturated rings. The Morgan fingerprint density at radius 1 is 0.970 bits per heavy atom. The maximum Gasteiger partial charge on any atom is 0.305 e. The van der Waals surface area contributed by atoms with Gasteiger partial charge in [-0.25, -0.2) is 0 Å². The van der Waals surface area contributed by atoms with Gasteiger partial charge in [0.15, 0.2) is 0 Å². The van der Waals surface area contributed by atoms with E-state index >= 15 is 0 Å². The van der Waals surface area contributed by atoms with Crippen molar-refractivity contribution in [3.8, 4) is 0 Å². The molecule has 3 unspecified atom stereocenters. The zero-order chi connectivity index (χ0) is 24.1. The molecule has 5 rings (SSSR count). The maximum atomic E-state index is 11.6. The Balaban J connectivity index is 1.41. The molecule has 1 saturated heterocycles. The zero-order valence-electron chi connectivity index (χ0n) is 22.3. The zero-order valence-corrected chi connectivity index (χ0v) is 22.3. The average Bonchev–Trinajstić information content (AvgIpc) is 3.40. The van der Waals surface area contributed by atoms with Crippen molar-refractivity contribution in [2.75, 3.05) is 7.11 Å². The lowest BCUT2D eigenvalue weighted by atomic mass is 9.38. The Kier molecular flexibility index (Phi) is 5.27. The first-order chi connectivity index (χ1) is 15.4. The molecule has 4 saturated carbocycles. The molecule has 4 heteroatoms. The van der Waals surface area contributed by atoms with E-state index in [1.807, 2.05) is 0 Å². The Hall–Kier alpha value is -0.610. The van der Waals surface area contributed by atoms with Gasteiger partial charge in [-0.2, -0.15) is 0 Å². The van der Waals surface area contributed by atoms with Gasteiger partial charge in [0.1, 0.15) is 11.2 Å². The van der Waals surface area contributed by atoms with Gasteiger partial charge in [-0.05, 0) is 92.8 Å². The summed E-state index contributed by atoms with van der Waals surface area (Å²) in [6, 6.07) is 0. The van der Waals surface area contributed by atoms with E-state index in [4.69, 9.17) is 9.47 Å². The maximum absolute atomic E-state index is 11.6. The van der Waals surface area contributed by atoms with Crippen LogP contribution in [0.5, 0.6) is 0 Å². The third-order valence-corrected chi connectivity index (χ3v) is 13.0. The highest BCUT2D eigenvalue weighted by Gasteiger charge is 2.90. The summed E-state index contributed by atoms with van der Waals surface area (Å²) in [4.78, 5) is 11.6. The fourth-order valence-corrected chi connectivity index (χ4v) is 10.8. The van der Waals surface area contributed by atoms with E-state index in [1.54, 1.807) is 0 Å². The number of esters is 1. The van der Waals surface area contributed by atoms with Gasteiger partial charge in [-0.1, -0.05) is 41.5 Å². The lowest BCUT2D eigenvalue weighted by molar-refractivity contribution is -0.158. The van der Waals surface area contributed by atoms with E-state index < -0.39 is 0 Å². The smallest absolute Gasteiger partial charge is 0.305 e. The quantitative estimate of drug-likeness (QED) is 0.387. The number of fused-ring (bicyclic) bond motifs is 2. The number of aliphatic hydroxyl groups is 1. The number of hydrogen-bond acceptors (Lipinski definition) is 4. The van der Waals surface area contributed by atoms with Gasteiger partial charge >= 0.3 is 5.97 Å². The van der Waals surface area contributed by atoms with Crippen LogP contribution in [-0.4, -0.2) is 35.5 Å². The molecule has 188 valence electrons. The highest BCUT2D eigenvalue weighted by Crippen LogP contribution is 2.86. The molecule has 1 N–H and O–H groups in total. The van der Waals surface area contributed by atoms with Crippen LogP contribution in [0.3, 0.4) is 0 Å². The van der Waals surface area contributed by atoms with Gasteiger partial charge in [0.05, 0.1) is 13.2 Å². The Morgan fingerprint density at radius 2 is 1.70 bits per heavy atom. The second-order valence-electron chi connectivity index (χ2n) is 14.0. The van der Waals surface area contributed by atoms with Crippen molar-refractivity contribution in [1.82, 2.24) is 0 Å². The number of rotatable bonds is 5. The van der Waals surface area contributed by atoms with Crippen LogP contribution >= 0.6 is 0 Å². The molecule has 0 aromatic rings. The SMILES string of the molecule is COC(=O)CCCC(C)[C@H]1CC[C@@]2(C)C34CC[C@H]5C(C)(C)[C@@H](O)CC[C@]5(C)C3(CC[C@]12C)O4. The van der Waals surface area contributed by atoms with Gasteiger partial charge in [-0.3, -0.25) is 4.79 Å².